The maximum absolute atomic E-state index is 11.8. The predicted molar refractivity (Wildman–Crippen MR) is 38.2 cm³/mol. The van der Waals surface area contributed by atoms with Crippen molar-refractivity contribution in [3.05, 3.63) is 0 Å². The van der Waals surface area contributed by atoms with Crippen molar-refractivity contribution in [2.45, 2.75) is 31.5 Å². The van der Waals surface area contributed by atoms with E-state index in [9.17, 15) is 26.5 Å². The van der Waals surface area contributed by atoms with Gasteiger partial charge in [-0.15, -0.1) is 0 Å². The van der Waals surface area contributed by atoms with E-state index in [1.807, 2.05) is 0 Å². The largest absolute Gasteiger partial charge is 0.469 e. The molecule has 0 fully saturated rings. The molecule has 0 aliphatic rings. The van der Waals surface area contributed by atoms with Crippen LogP contribution in [0.5, 0.6) is 0 Å². The fourth-order valence-electron chi connectivity index (χ4n) is 0.815. The van der Waals surface area contributed by atoms with Gasteiger partial charge in [0.1, 0.15) is 0 Å². The molecular formula is C5H8F5O4P. The van der Waals surface area contributed by atoms with Crippen molar-refractivity contribution in [3.63, 3.8) is 0 Å². The van der Waals surface area contributed by atoms with Crippen LogP contribution in [-0.4, -0.2) is 28.5 Å². The summed E-state index contributed by atoms with van der Waals surface area (Å²) in [7, 11) is -5.20. The molecule has 0 saturated carbocycles. The quantitative estimate of drug-likeness (QED) is 0.585. The molecule has 0 aliphatic heterocycles. The lowest BCUT2D eigenvalue weighted by Gasteiger charge is -2.18. The van der Waals surface area contributed by atoms with Crippen LogP contribution in [0.1, 0.15) is 12.8 Å². The van der Waals surface area contributed by atoms with E-state index in [1.165, 1.54) is 0 Å². The molecule has 0 aliphatic carbocycles. The highest BCUT2D eigenvalue weighted by atomic mass is 31.2. The zero-order valence-corrected chi connectivity index (χ0v) is 8.01. The van der Waals surface area contributed by atoms with Crippen LogP contribution in [0.2, 0.25) is 0 Å². The van der Waals surface area contributed by atoms with Crippen LogP contribution in [0.15, 0.2) is 0 Å². The standard InChI is InChI=1S/C5H8F5O4P/c6-4(7)1-3(2-5(8,9)10)14-15(11,12)13/h3-4H,1-2H2,(H2,11,12,13). The van der Waals surface area contributed by atoms with Crippen molar-refractivity contribution in [1.82, 2.24) is 0 Å². The molecule has 92 valence electrons. The summed E-state index contributed by atoms with van der Waals surface area (Å²) >= 11 is 0. The Labute approximate surface area is 81.3 Å². The third-order valence-corrected chi connectivity index (χ3v) is 1.76. The van der Waals surface area contributed by atoms with Gasteiger partial charge in [-0.25, -0.2) is 13.3 Å². The first-order valence-corrected chi connectivity index (χ1v) is 5.11. The van der Waals surface area contributed by atoms with E-state index in [1.54, 1.807) is 0 Å². The summed E-state index contributed by atoms with van der Waals surface area (Å²) in [6.45, 7) is 0. The van der Waals surface area contributed by atoms with Crippen LogP contribution >= 0.6 is 7.82 Å². The average molecular weight is 258 g/mol. The highest BCUT2D eigenvalue weighted by molar-refractivity contribution is 7.46. The van der Waals surface area contributed by atoms with E-state index in [-0.39, 0.29) is 0 Å². The van der Waals surface area contributed by atoms with Crippen molar-refractivity contribution in [2.75, 3.05) is 0 Å². The van der Waals surface area contributed by atoms with E-state index < -0.39 is 39.4 Å². The number of hydrogen-bond acceptors (Lipinski definition) is 2. The second-order valence-electron chi connectivity index (χ2n) is 2.66. The molecule has 1 unspecified atom stereocenters. The molecule has 2 N–H and O–H groups in total. The molecule has 4 nitrogen and oxygen atoms in total. The first-order valence-electron chi connectivity index (χ1n) is 3.58. The van der Waals surface area contributed by atoms with Crippen LogP contribution in [0.3, 0.4) is 0 Å². The number of halogens is 5. The van der Waals surface area contributed by atoms with E-state index in [0.29, 0.717) is 0 Å². The molecule has 0 aromatic rings. The van der Waals surface area contributed by atoms with Gasteiger partial charge in [0.15, 0.2) is 0 Å². The summed E-state index contributed by atoms with van der Waals surface area (Å²) in [5, 5.41) is 0. The maximum atomic E-state index is 11.8. The van der Waals surface area contributed by atoms with Gasteiger partial charge in [0.25, 0.3) is 0 Å². The van der Waals surface area contributed by atoms with Crippen molar-refractivity contribution in [2.24, 2.45) is 0 Å². The second kappa shape index (κ2) is 5.20. The zero-order chi connectivity index (χ0) is 12.3. The Hall–Kier alpha value is -0.240. The summed E-state index contributed by atoms with van der Waals surface area (Å²) in [5.41, 5.74) is 0. The summed E-state index contributed by atoms with van der Waals surface area (Å²) in [6, 6.07) is 0. The Morgan fingerprint density at radius 1 is 1.27 bits per heavy atom. The minimum atomic E-state index is -5.20. The fourth-order valence-corrected chi connectivity index (χ4v) is 1.36. The molecule has 0 bridgehead atoms. The number of rotatable bonds is 5. The smallest absolute Gasteiger partial charge is 0.303 e. The van der Waals surface area contributed by atoms with Gasteiger partial charge in [-0.1, -0.05) is 0 Å². The molecule has 0 radical (unpaired) electrons. The van der Waals surface area contributed by atoms with Gasteiger partial charge in [-0.2, -0.15) is 13.2 Å². The Kier molecular flexibility index (Phi) is 5.12. The molecule has 10 heteroatoms. The fraction of sp³-hybridized carbons (Fsp3) is 1.00. The topological polar surface area (TPSA) is 66.8 Å². The molecular weight excluding hydrogens is 250 g/mol. The third kappa shape index (κ3) is 10.1. The van der Waals surface area contributed by atoms with E-state index in [0.717, 1.165) is 0 Å². The number of hydrogen-bond donors (Lipinski definition) is 2. The lowest BCUT2D eigenvalue weighted by Crippen LogP contribution is -2.23. The Morgan fingerprint density at radius 2 is 1.73 bits per heavy atom. The lowest BCUT2D eigenvalue weighted by atomic mass is 10.2. The van der Waals surface area contributed by atoms with Crippen LogP contribution < -0.4 is 0 Å². The second-order valence-corrected chi connectivity index (χ2v) is 3.86. The molecule has 0 aromatic heterocycles. The van der Waals surface area contributed by atoms with Gasteiger partial charge < -0.3 is 9.79 Å². The van der Waals surface area contributed by atoms with Crippen LogP contribution in [0, 0.1) is 0 Å². The molecule has 0 spiro atoms. The Morgan fingerprint density at radius 3 is 2.00 bits per heavy atom. The summed E-state index contributed by atoms with van der Waals surface area (Å²) in [6.07, 6.45) is -13.4. The van der Waals surface area contributed by atoms with Gasteiger partial charge in [0.05, 0.1) is 12.5 Å². The normalized spacial score (nSPS) is 15.7. The average Bonchev–Trinajstić information content (AvgIpc) is 1.73. The molecule has 1 atom stereocenters. The van der Waals surface area contributed by atoms with Crippen molar-refractivity contribution >= 4 is 7.82 Å². The summed E-state index contributed by atoms with van der Waals surface area (Å²) in [5.74, 6) is 0. The van der Waals surface area contributed by atoms with Crippen molar-refractivity contribution in [1.29, 1.82) is 0 Å². The van der Waals surface area contributed by atoms with Crippen LogP contribution in [0.4, 0.5) is 22.0 Å². The lowest BCUT2D eigenvalue weighted by molar-refractivity contribution is -0.155. The Bertz CT molecular complexity index is 236. The predicted octanol–water partition coefficient (Wildman–Crippen LogP) is 2.07. The molecule has 15 heavy (non-hydrogen) atoms. The van der Waals surface area contributed by atoms with Crippen molar-refractivity contribution in [3.8, 4) is 0 Å². The minimum absolute atomic E-state index is 1.38. The zero-order valence-electron chi connectivity index (χ0n) is 7.12. The minimum Gasteiger partial charge on any atom is -0.303 e. The first kappa shape index (κ1) is 14.8. The Balaban J connectivity index is 4.39. The molecule has 0 saturated heterocycles. The molecule has 0 rings (SSSR count). The first-order chi connectivity index (χ1) is 6.49. The molecule has 0 aromatic carbocycles. The molecule has 0 heterocycles. The number of phosphoric ester groups is 1. The molecule has 0 amide bonds. The summed E-state index contributed by atoms with van der Waals surface area (Å²) < 4.78 is 72.5. The van der Waals surface area contributed by atoms with E-state index in [2.05, 4.69) is 4.52 Å². The van der Waals surface area contributed by atoms with Gasteiger partial charge in [0, 0.05) is 6.42 Å². The highest BCUT2D eigenvalue weighted by Crippen LogP contribution is 2.41. The maximum Gasteiger partial charge on any atom is 0.469 e. The monoisotopic (exact) mass is 258 g/mol. The van der Waals surface area contributed by atoms with E-state index >= 15 is 0 Å². The van der Waals surface area contributed by atoms with Crippen LogP contribution in [-0.2, 0) is 9.09 Å². The number of alkyl halides is 5. The van der Waals surface area contributed by atoms with Gasteiger partial charge >= 0.3 is 14.0 Å². The SMILES string of the molecule is O=P(O)(O)OC(CC(F)F)CC(F)(F)F. The van der Waals surface area contributed by atoms with E-state index in [4.69, 9.17) is 9.79 Å². The van der Waals surface area contributed by atoms with Gasteiger partial charge in [-0.05, 0) is 0 Å². The van der Waals surface area contributed by atoms with Crippen LogP contribution in [0.25, 0.3) is 0 Å². The number of phosphoric acid groups is 1. The third-order valence-electron chi connectivity index (χ3n) is 1.19. The highest BCUT2D eigenvalue weighted by Gasteiger charge is 2.36. The van der Waals surface area contributed by atoms with Crippen molar-refractivity contribution < 1.29 is 40.8 Å². The van der Waals surface area contributed by atoms with Gasteiger partial charge in [0.2, 0.25) is 6.43 Å². The summed E-state index contributed by atoms with van der Waals surface area (Å²) in [4.78, 5) is 16.3. The van der Waals surface area contributed by atoms with Gasteiger partial charge in [-0.3, -0.25) is 4.52 Å².